The van der Waals surface area contributed by atoms with Crippen LogP contribution < -0.4 is 10.6 Å². The number of nitrogens with one attached hydrogen (secondary N) is 3. The number of hydrogen-bond donors (Lipinski definition) is 3. The molecule has 0 unspecified atom stereocenters. The fraction of sp³-hybridized carbons (Fsp3) is 0.500. The van der Waals surface area contributed by atoms with Crippen molar-refractivity contribution < 1.29 is 9.59 Å². The molecule has 1 saturated heterocycles. The van der Waals surface area contributed by atoms with Gasteiger partial charge in [0.25, 0.3) is 0 Å². The zero-order valence-electron chi connectivity index (χ0n) is 16.1. The number of carbonyl (C=O) groups is 2. The van der Waals surface area contributed by atoms with Crippen molar-refractivity contribution in [3.63, 3.8) is 0 Å². The van der Waals surface area contributed by atoms with Crippen LogP contribution in [-0.2, 0) is 22.6 Å². The molecule has 6 heteroatoms. The Morgan fingerprint density at radius 2 is 2.08 bits per heavy atom. The van der Waals surface area contributed by atoms with Gasteiger partial charge in [-0.25, -0.2) is 0 Å². The molecule has 0 aliphatic carbocycles. The molecule has 1 aliphatic rings. The van der Waals surface area contributed by atoms with Crippen molar-refractivity contribution in [3.8, 4) is 0 Å². The molecule has 26 heavy (non-hydrogen) atoms. The molecule has 0 bridgehead atoms. The van der Waals surface area contributed by atoms with Crippen molar-refractivity contribution in [1.29, 1.82) is 0 Å². The molecule has 0 saturated carbocycles. The maximum Gasteiger partial charge on any atom is 0.243 e. The van der Waals surface area contributed by atoms with Crippen LogP contribution >= 0.6 is 11.8 Å². The van der Waals surface area contributed by atoms with Gasteiger partial charge in [0, 0.05) is 23.4 Å². The fourth-order valence-corrected chi connectivity index (χ4v) is 4.39. The van der Waals surface area contributed by atoms with Crippen LogP contribution in [-0.4, -0.2) is 33.3 Å². The van der Waals surface area contributed by atoms with Gasteiger partial charge < -0.3 is 15.6 Å². The molecule has 2 aromatic rings. The molecule has 3 rings (SSSR count). The van der Waals surface area contributed by atoms with Gasteiger partial charge in [-0.1, -0.05) is 18.6 Å². The van der Waals surface area contributed by atoms with Gasteiger partial charge in [-0.05, 0) is 51.3 Å². The Balaban J connectivity index is 1.76. The SMILES string of the molecule is CCc1[nH]c2c(CNC(=O)[C@H]3CSC(C)(C)C(=O)N3)cc(C)cc2c1C. The van der Waals surface area contributed by atoms with Crippen LogP contribution in [0.5, 0.6) is 0 Å². The zero-order chi connectivity index (χ0) is 19.1. The van der Waals surface area contributed by atoms with Crippen molar-refractivity contribution >= 4 is 34.5 Å². The summed E-state index contributed by atoms with van der Waals surface area (Å²) in [4.78, 5) is 28.1. The van der Waals surface area contributed by atoms with E-state index in [2.05, 4.69) is 48.5 Å². The highest BCUT2D eigenvalue weighted by Crippen LogP contribution is 2.29. The molecule has 0 spiro atoms. The lowest BCUT2D eigenvalue weighted by Gasteiger charge is -2.32. The van der Waals surface area contributed by atoms with Gasteiger partial charge in [-0.15, -0.1) is 11.8 Å². The number of amides is 2. The molecule has 2 amide bonds. The van der Waals surface area contributed by atoms with Crippen molar-refractivity contribution in [2.75, 3.05) is 5.75 Å². The number of aromatic nitrogens is 1. The van der Waals surface area contributed by atoms with E-state index >= 15 is 0 Å². The Bertz CT molecular complexity index is 870. The second-order valence-corrected chi connectivity index (χ2v) is 9.14. The summed E-state index contributed by atoms with van der Waals surface area (Å²) in [7, 11) is 0. The molecule has 1 atom stereocenters. The minimum absolute atomic E-state index is 0.0839. The van der Waals surface area contributed by atoms with E-state index in [-0.39, 0.29) is 11.8 Å². The zero-order valence-corrected chi connectivity index (χ0v) is 16.9. The fourth-order valence-electron chi connectivity index (χ4n) is 3.38. The summed E-state index contributed by atoms with van der Waals surface area (Å²) in [5, 5.41) is 7.05. The Morgan fingerprint density at radius 1 is 1.35 bits per heavy atom. The Hall–Kier alpha value is -1.95. The Kier molecular flexibility index (Phi) is 5.06. The third kappa shape index (κ3) is 3.47. The molecule has 5 nitrogen and oxygen atoms in total. The van der Waals surface area contributed by atoms with E-state index in [1.807, 2.05) is 13.8 Å². The lowest BCUT2D eigenvalue weighted by atomic mass is 10.0. The first kappa shape index (κ1) is 18.8. The minimum atomic E-state index is -0.475. The second kappa shape index (κ2) is 6.99. The Morgan fingerprint density at radius 3 is 2.73 bits per heavy atom. The van der Waals surface area contributed by atoms with Gasteiger partial charge in [0.2, 0.25) is 11.8 Å². The Labute approximate surface area is 158 Å². The van der Waals surface area contributed by atoms with Crippen molar-refractivity contribution in [2.45, 2.75) is 58.4 Å². The van der Waals surface area contributed by atoms with Crippen molar-refractivity contribution in [3.05, 3.63) is 34.5 Å². The smallest absolute Gasteiger partial charge is 0.243 e. The number of aromatic amines is 1. The van der Waals surface area contributed by atoms with Gasteiger partial charge >= 0.3 is 0 Å². The predicted molar refractivity (Wildman–Crippen MR) is 107 cm³/mol. The van der Waals surface area contributed by atoms with E-state index in [1.165, 1.54) is 34.0 Å². The van der Waals surface area contributed by atoms with E-state index < -0.39 is 10.8 Å². The highest BCUT2D eigenvalue weighted by atomic mass is 32.2. The monoisotopic (exact) mass is 373 g/mol. The van der Waals surface area contributed by atoms with Gasteiger partial charge in [0.1, 0.15) is 6.04 Å². The van der Waals surface area contributed by atoms with Crippen LogP contribution in [0.25, 0.3) is 10.9 Å². The van der Waals surface area contributed by atoms with Gasteiger partial charge in [-0.3, -0.25) is 9.59 Å². The topological polar surface area (TPSA) is 74.0 Å². The van der Waals surface area contributed by atoms with Gasteiger partial charge in [0.15, 0.2) is 0 Å². The third-order valence-corrected chi connectivity index (χ3v) is 6.49. The van der Waals surface area contributed by atoms with E-state index in [4.69, 9.17) is 0 Å². The number of hydrogen-bond acceptors (Lipinski definition) is 3. The van der Waals surface area contributed by atoms with Crippen LogP contribution in [0.3, 0.4) is 0 Å². The second-order valence-electron chi connectivity index (χ2n) is 7.49. The van der Waals surface area contributed by atoms with Crippen LogP contribution in [0.15, 0.2) is 12.1 Å². The van der Waals surface area contributed by atoms with E-state index in [0.29, 0.717) is 12.3 Å². The molecule has 1 aromatic heterocycles. The van der Waals surface area contributed by atoms with Crippen molar-refractivity contribution in [2.24, 2.45) is 0 Å². The minimum Gasteiger partial charge on any atom is -0.358 e. The molecule has 3 N–H and O–H groups in total. The quantitative estimate of drug-likeness (QED) is 0.771. The molecule has 1 fully saturated rings. The van der Waals surface area contributed by atoms with Gasteiger partial charge in [-0.2, -0.15) is 0 Å². The van der Waals surface area contributed by atoms with E-state index in [1.54, 1.807) is 0 Å². The summed E-state index contributed by atoms with van der Waals surface area (Å²) < 4.78 is -0.474. The van der Waals surface area contributed by atoms with Crippen molar-refractivity contribution in [1.82, 2.24) is 15.6 Å². The van der Waals surface area contributed by atoms with E-state index in [9.17, 15) is 9.59 Å². The van der Waals surface area contributed by atoms with Crippen LogP contribution in [0.2, 0.25) is 0 Å². The molecular weight excluding hydrogens is 346 g/mol. The first-order valence-electron chi connectivity index (χ1n) is 9.06. The van der Waals surface area contributed by atoms with Gasteiger partial charge in [0.05, 0.1) is 10.3 Å². The average molecular weight is 374 g/mol. The van der Waals surface area contributed by atoms with Crippen LogP contribution in [0.1, 0.15) is 43.2 Å². The number of H-pyrrole nitrogens is 1. The number of thioether (sulfide) groups is 1. The number of benzene rings is 1. The first-order chi connectivity index (χ1) is 12.2. The van der Waals surface area contributed by atoms with Crippen LogP contribution in [0, 0.1) is 13.8 Å². The maximum absolute atomic E-state index is 12.5. The molecular formula is C20H27N3O2S. The largest absolute Gasteiger partial charge is 0.358 e. The molecule has 1 aliphatic heterocycles. The lowest BCUT2D eigenvalue weighted by Crippen LogP contribution is -2.57. The maximum atomic E-state index is 12.5. The number of fused-ring (bicyclic) bond motifs is 1. The predicted octanol–water partition coefficient (Wildman–Crippen LogP) is 2.97. The summed E-state index contributed by atoms with van der Waals surface area (Å²) in [6.45, 7) is 10.5. The summed E-state index contributed by atoms with van der Waals surface area (Å²) in [5.74, 6) is 0.379. The normalized spacial score (nSPS) is 19.4. The number of aryl methyl sites for hydroxylation is 3. The average Bonchev–Trinajstić information content (AvgIpc) is 2.91. The molecule has 2 heterocycles. The standard InChI is InChI=1S/C20H27N3O2S/c1-6-15-12(3)14-8-11(2)7-13(17(14)22-15)9-21-18(24)16-10-26-20(4,5)19(25)23-16/h7-8,16,22H,6,9-10H2,1-5H3,(H,21,24)(H,23,25)/t16-/m1/s1. The number of carbonyl (C=O) groups excluding carboxylic acids is 2. The highest BCUT2D eigenvalue weighted by molar-refractivity contribution is 8.01. The summed E-state index contributed by atoms with van der Waals surface area (Å²) in [6.07, 6.45) is 0.951. The highest BCUT2D eigenvalue weighted by Gasteiger charge is 2.37. The third-order valence-electron chi connectivity index (χ3n) is 5.08. The molecule has 140 valence electrons. The number of rotatable bonds is 4. The lowest BCUT2D eigenvalue weighted by molar-refractivity contribution is -0.129. The van der Waals surface area contributed by atoms with E-state index in [0.717, 1.165) is 17.5 Å². The summed E-state index contributed by atoms with van der Waals surface area (Å²) in [6, 6.07) is 3.82. The summed E-state index contributed by atoms with van der Waals surface area (Å²) >= 11 is 1.52. The molecule has 0 radical (unpaired) electrons. The summed E-state index contributed by atoms with van der Waals surface area (Å²) in [5.41, 5.74) is 5.85. The van der Waals surface area contributed by atoms with Crippen LogP contribution in [0.4, 0.5) is 0 Å². The molecule has 1 aromatic carbocycles. The first-order valence-corrected chi connectivity index (χ1v) is 10.0.